The Morgan fingerprint density at radius 1 is 1.62 bits per heavy atom. The second-order valence-electron chi connectivity index (χ2n) is 4.22. The maximum Gasteiger partial charge on any atom is 0.266 e. The monoisotopic (exact) mass is 240 g/mol. The molecule has 16 heavy (non-hydrogen) atoms. The van der Waals surface area contributed by atoms with Crippen molar-refractivity contribution in [1.82, 2.24) is 9.88 Å². The fraction of sp³-hybridized carbons (Fsp3) is 0.636. The average molecular weight is 240 g/mol. The van der Waals surface area contributed by atoms with Crippen LogP contribution in [0.25, 0.3) is 0 Å². The zero-order valence-electron chi connectivity index (χ0n) is 9.77. The van der Waals surface area contributed by atoms with E-state index in [0.29, 0.717) is 13.2 Å². The lowest BCUT2D eigenvalue weighted by atomic mass is 10.2. The second kappa shape index (κ2) is 4.51. The third-order valence-corrected chi connectivity index (χ3v) is 3.72. The Labute approximate surface area is 99.2 Å². The Morgan fingerprint density at radius 3 is 3.00 bits per heavy atom. The van der Waals surface area contributed by atoms with Crippen LogP contribution in [-0.4, -0.2) is 41.1 Å². The van der Waals surface area contributed by atoms with Gasteiger partial charge in [0.05, 0.1) is 30.0 Å². The summed E-state index contributed by atoms with van der Waals surface area (Å²) in [6.45, 7) is 7.16. The lowest BCUT2D eigenvalue weighted by Crippen LogP contribution is -2.50. The number of nitrogens with zero attached hydrogens (tertiary/aromatic N) is 2. The molecule has 0 radical (unpaired) electrons. The van der Waals surface area contributed by atoms with E-state index in [1.807, 2.05) is 25.7 Å². The van der Waals surface area contributed by atoms with Crippen LogP contribution in [0.4, 0.5) is 0 Å². The van der Waals surface area contributed by atoms with Crippen molar-refractivity contribution in [3.05, 3.63) is 16.1 Å². The Bertz CT molecular complexity index is 391. The lowest BCUT2D eigenvalue weighted by Gasteiger charge is -2.36. The first-order valence-corrected chi connectivity index (χ1v) is 6.30. The molecule has 1 amide bonds. The zero-order chi connectivity index (χ0) is 11.7. The van der Waals surface area contributed by atoms with E-state index < -0.39 is 0 Å². The Morgan fingerprint density at radius 2 is 2.38 bits per heavy atom. The van der Waals surface area contributed by atoms with Crippen molar-refractivity contribution in [2.24, 2.45) is 0 Å². The summed E-state index contributed by atoms with van der Waals surface area (Å²) in [5.41, 5.74) is 2.54. The number of morpholine rings is 1. The van der Waals surface area contributed by atoms with Crippen molar-refractivity contribution in [2.45, 2.75) is 32.9 Å². The van der Waals surface area contributed by atoms with E-state index in [0.717, 1.165) is 10.6 Å². The Hall–Kier alpha value is -0.940. The van der Waals surface area contributed by atoms with Gasteiger partial charge in [-0.05, 0) is 20.8 Å². The van der Waals surface area contributed by atoms with Crippen molar-refractivity contribution < 1.29 is 9.53 Å². The molecule has 0 aromatic carbocycles. The van der Waals surface area contributed by atoms with Gasteiger partial charge in [-0.2, -0.15) is 0 Å². The number of hydrogen-bond acceptors (Lipinski definition) is 4. The normalized spacial score (nSPS) is 25.8. The topological polar surface area (TPSA) is 42.4 Å². The van der Waals surface area contributed by atoms with Crippen LogP contribution in [0.3, 0.4) is 0 Å². The molecule has 1 aliphatic heterocycles. The summed E-state index contributed by atoms with van der Waals surface area (Å²) in [5, 5.41) is 0. The van der Waals surface area contributed by atoms with Crippen LogP contribution < -0.4 is 0 Å². The summed E-state index contributed by atoms with van der Waals surface area (Å²) in [6, 6.07) is 0.144. The number of rotatable bonds is 1. The predicted molar refractivity (Wildman–Crippen MR) is 62.8 cm³/mol. The molecule has 4 nitrogen and oxygen atoms in total. The van der Waals surface area contributed by atoms with E-state index >= 15 is 0 Å². The Balaban J connectivity index is 2.18. The molecule has 1 aliphatic rings. The molecule has 1 saturated heterocycles. The van der Waals surface area contributed by atoms with Crippen LogP contribution in [0, 0.1) is 6.92 Å². The molecular formula is C11H16N2O2S. The molecule has 1 fully saturated rings. The van der Waals surface area contributed by atoms with Gasteiger partial charge < -0.3 is 9.64 Å². The maximum absolute atomic E-state index is 12.3. The molecule has 1 aromatic rings. The third-order valence-electron chi connectivity index (χ3n) is 2.81. The summed E-state index contributed by atoms with van der Waals surface area (Å²) in [7, 11) is 0. The van der Waals surface area contributed by atoms with Gasteiger partial charge in [0.25, 0.3) is 5.91 Å². The van der Waals surface area contributed by atoms with Crippen LogP contribution >= 0.6 is 11.3 Å². The summed E-state index contributed by atoms with van der Waals surface area (Å²) in [4.78, 5) is 19.0. The van der Waals surface area contributed by atoms with Crippen LogP contribution in [-0.2, 0) is 4.74 Å². The average Bonchev–Trinajstić information content (AvgIpc) is 2.67. The molecule has 1 aromatic heterocycles. The zero-order valence-corrected chi connectivity index (χ0v) is 10.6. The first kappa shape index (κ1) is 11.5. The SMILES string of the molecule is Cc1ncsc1C(=O)N1C[C@H](C)OC[C@H]1C. The third kappa shape index (κ3) is 2.10. The number of ether oxygens (including phenoxy) is 1. The van der Waals surface area contributed by atoms with Crippen LogP contribution in [0.2, 0.25) is 0 Å². The van der Waals surface area contributed by atoms with Gasteiger partial charge >= 0.3 is 0 Å². The standard InChI is InChI=1S/C11H16N2O2S/c1-7-5-15-8(2)4-13(7)11(14)10-9(3)12-6-16-10/h6-8H,4-5H2,1-3H3/t7-,8+/m1/s1. The highest BCUT2D eigenvalue weighted by Crippen LogP contribution is 2.19. The van der Waals surface area contributed by atoms with Gasteiger partial charge in [-0.3, -0.25) is 4.79 Å². The molecule has 2 heterocycles. The minimum absolute atomic E-state index is 0.0858. The lowest BCUT2D eigenvalue weighted by molar-refractivity contribution is -0.0385. The largest absolute Gasteiger partial charge is 0.375 e. The van der Waals surface area contributed by atoms with Gasteiger partial charge in [-0.25, -0.2) is 4.98 Å². The summed E-state index contributed by atoms with van der Waals surface area (Å²) in [6.07, 6.45) is 0.119. The Kier molecular flexibility index (Phi) is 3.25. The molecule has 2 rings (SSSR count). The van der Waals surface area contributed by atoms with E-state index in [1.54, 1.807) is 5.51 Å². The van der Waals surface area contributed by atoms with Crippen LogP contribution in [0.5, 0.6) is 0 Å². The number of thiazole rings is 1. The smallest absolute Gasteiger partial charge is 0.266 e. The quantitative estimate of drug-likeness (QED) is 0.750. The number of aryl methyl sites for hydroxylation is 1. The number of amides is 1. The van der Waals surface area contributed by atoms with Crippen LogP contribution in [0.15, 0.2) is 5.51 Å². The molecule has 0 spiro atoms. The first-order valence-electron chi connectivity index (χ1n) is 5.42. The van der Waals surface area contributed by atoms with Gasteiger partial charge in [0, 0.05) is 6.54 Å². The van der Waals surface area contributed by atoms with Gasteiger partial charge in [-0.15, -0.1) is 11.3 Å². The minimum atomic E-state index is 0.0858. The first-order chi connectivity index (χ1) is 7.59. The van der Waals surface area contributed by atoms with Crippen LogP contribution in [0.1, 0.15) is 29.2 Å². The number of carbonyl (C=O) groups is 1. The van der Waals surface area contributed by atoms with E-state index in [4.69, 9.17) is 4.74 Å². The highest BCUT2D eigenvalue weighted by atomic mass is 32.1. The van der Waals surface area contributed by atoms with Crippen molar-refractivity contribution in [2.75, 3.05) is 13.2 Å². The molecule has 2 atom stereocenters. The van der Waals surface area contributed by atoms with Crippen molar-refractivity contribution in [1.29, 1.82) is 0 Å². The summed E-state index contributed by atoms with van der Waals surface area (Å²) in [5.74, 6) is 0.0858. The van der Waals surface area contributed by atoms with Crippen molar-refractivity contribution in [3.8, 4) is 0 Å². The predicted octanol–water partition coefficient (Wildman–Crippen LogP) is 1.70. The van der Waals surface area contributed by atoms with Crippen molar-refractivity contribution in [3.63, 3.8) is 0 Å². The molecule has 0 bridgehead atoms. The molecule has 0 aliphatic carbocycles. The fourth-order valence-electron chi connectivity index (χ4n) is 1.82. The highest BCUT2D eigenvalue weighted by Gasteiger charge is 2.29. The number of hydrogen-bond donors (Lipinski definition) is 0. The van der Waals surface area contributed by atoms with E-state index in [-0.39, 0.29) is 18.1 Å². The summed E-state index contributed by atoms with van der Waals surface area (Å²) >= 11 is 1.41. The maximum atomic E-state index is 12.3. The van der Waals surface area contributed by atoms with E-state index in [9.17, 15) is 4.79 Å². The van der Waals surface area contributed by atoms with Gasteiger partial charge in [0.15, 0.2) is 0 Å². The number of aromatic nitrogens is 1. The molecular weight excluding hydrogens is 224 g/mol. The fourth-order valence-corrected chi connectivity index (χ4v) is 2.58. The molecule has 5 heteroatoms. The molecule has 0 saturated carbocycles. The highest BCUT2D eigenvalue weighted by molar-refractivity contribution is 7.11. The van der Waals surface area contributed by atoms with Gasteiger partial charge in [0.2, 0.25) is 0 Å². The molecule has 0 unspecified atom stereocenters. The van der Waals surface area contributed by atoms with E-state index in [2.05, 4.69) is 4.98 Å². The second-order valence-corrected chi connectivity index (χ2v) is 5.07. The van der Waals surface area contributed by atoms with Gasteiger partial charge in [0.1, 0.15) is 4.88 Å². The molecule has 0 N–H and O–H groups in total. The number of carbonyl (C=O) groups excluding carboxylic acids is 1. The summed E-state index contributed by atoms with van der Waals surface area (Å²) < 4.78 is 5.51. The van der Waals surface area contributed by atoms with Gasteiger partial charge in [-0.1, -0.05) is 0 Å². The van der Waals surface area contributed by atoms with Crippen molar-refractivity contribution >= 4 is 17.2 Å². The minimum Gasteiger partial charge on any atom is -0.375 e. The molecule has 88 valence electrons. The van der Waals surface area contributed by atoms with E-state index in [1.165, 1.54) is 11.3 Å².